The molecule has 0 unspecified atom stereocenters. The van der Waals surface area contributed by atoms with Crippen LogP contribution in [0.3, 0.4) is 0 Å². The zero-order chi connectivity index (χ0) is 14.7. The van der Waals surface area contributed by atoms with Crippen LogP contribution in [0.25, 0.3) is 0 Å². The Morgan fingerprint density at radius 3 is 2.75 bits per heavy atom. The van der Waals surface area contributed by atoms with Crippen LogP contribution in [0.5, 0.6) is 0 Å². The zero-order valence-corrected chi connectivity index (χ0v) is 13.5. The van der Waals surface area contributed by atoms with Crippen molar-refractivity contribution < 1.29 is 0 Å². The Bertz CT molecular complexity index is 476. The van der Waals surface area contributed by atoms with Crippen molar-refractivity contribution in [3.63, 3.8) is 0 Å². The molecule has 1 fully saturated rings. The number of nitrogens with two attached hydrogens (primary N) is 1. The van der Waals surface area contributed by atoms with Crippen molar-refractivity contribution in [2.75, 3.05) is 25.5 Å². The molecule has 1 heterocycles. The summed E-state index contributed by atoms with van der Waals surface area (Å²) in [7, 11) is 4.12. The van der Waals surface area contributed by atoms with Crippen molar-refractivity contribution in [2.45, 2.75) is 38.6 Å². The Labute approximate surface area is 126 Å². The normalized spacial score (nSPS) is 16.0. The molecule has 3 N–H and O–H groups in total. The molecule has 0 amide bonds. The molecular weight excluding hydrogens is 270 g/mol. The molecule has 0 spiro atoms. The van der Waals surface area contributed by atoms with Crippen LogP contribution in [-0.2, 0) is 7.05 Å². The number of anilines is 1. The number of hydrogen-bond acceptors (Lipinski definition) is 4. The number of likely N-dealkylation sites (N-methyl/N-ethyl adjacent to an activating group) is 1. The van der Waals surface area contributed by atoms with Crippen LogP contribution in [0.2, 0.25) is 0 Å². The molecule has 0 radical (unpaired) electrons. The third kappa shape index (κ3) is 3.30. The van der Waals surface area contributed by atoms with E-state index in [0.717, 1.165) is 36.2 Å². The minimum Gasteiger partial charge on any atom is -0.389 e. The van der Waals surface area contributed by atoms with Gasteiger partial charge in [0.05, 0.1) is 11.3 Å². The van der Waals surface area contributed by atoms with E-state index in [1.165, 1.54) is 25.7 Å². The molecule has 20 heavy (non-hydrogen) atoms. The summed E-state index contributed by atoms with van der Waals surface area (Å²) in [5.74, 6) is 0.926. The number of thiocarbonyl (C=S) groups is 1. The molecule has 1 aromatic rings. The Balaban J connectivity index is 1.92. The maximum atomic E-state index is 5.79. The predicted molar refractivity (Wildman–Crippen MR) is 87.2 cm³/mol. The lowest BCUT2D eigenvalue weighted by atomic mass is 10.2. The first-order valence-electron chi connectivity index (χ1n) is 7.28. The van der Waals surface area contributed by atoms with Crippen LogP contribution in [0.4, 0.5) is 5.82 Å². The molecule has 1 aliphatic carbocycles. The van der Waals surface area contributed by atoms with Gasteiger partial charge in [0.1, 0.15) is 10.8 Å². The standard InChI is InChI=1S/C14H25N5S/c1-10-12(13(15)20)14(19(3)17-10)16-8-9-18(2)11-6-4-5-7-11/h11,16H,4-9H2,1-3H3,(H2,15,20). The number of rotatable bonds is 6. The summed E-state index contributed by atoms with van der Waals surface area (Å²) in [4.78, 5) is 2.85. The second kappa shape index (κ2) is 6.54. The van der Waals surface area contributed by atoms with Crippen LogP contribution < -0.4 is 11.1 Å². The SMILES string of the molecule is Cc1nn(C)c(NCCN(C)C2CCCC2)c1C(N)=S. The summed E-state index contributed by atoms with van der Waals surface area (Å²) in [6, 6.07) is 0.750. The molecule has 1 saturated carbocycles. The summed E-state index contributed by atoms with van der Waals surface area (Å²) in [6.45, 7) is 3.83. The van der Waals surface area contributed by atoms with E-state index in [4.69, 9.17) is 18.0 Å². The number of aryl methyl sites for hydroxylation is 2. The number of hydrogen-bond donors (Lipinski definition) is 2. The maximum absolute atomic E-state index is 5.79. The zero-order valence-electron chi connectivity index (χ0n) is 12.6. The van der Waals surface area contributed by atoms with E-state index in [-0.39, 0.29) is 0 Å². The molecule has 2 rings (SSSR count). The molecule has 0 saturated heterocycles. The molecular formula is C14H25N5S. The van der Waals surface area contributed by atoms with E-state index in [2.05, 4.69) is 22.4 Å². The molecule has 0 aliphatic heterocycles. The summed E-state index contributed by atoms with van der Waals surface area (Å²) in [5, 5.41) is 7.81. The van der Waals surface area contributed by atoms with E-state index < -0.39 is 0 Å². The minimum absolute atomic E-state index is 0.405. The number of nitrogens with one attached hydrogen (secondary N) is 1. The van der Waals surface area contributed by atoms with Gasteiger partial charge in [-0.1, -0.05) is 25.1 Å². The highest BCUT2D eigenvalue weighted by Gasteiger charge is 2.19. The van der Waals surface area contributed by atoms with Gasteiger partial charge in [-0.25, -0.2) is 0 Å². The first-order chi connectivity index (χ1) is 9.50. The van der Waals surface area contributed by atoms with Crippen molar-refractivity contribution in [3.8, 4) is 0 Å². The average molecular weight is 295 g/mol. The van der Waals surface area contributed by atoms with Gasteiger partial charge in [0, 0.05) is 26.2 Å². The third-order valence-electron chi connectivity index (χ3n) is 4.17. The molecule has 0 bridgehead atoms. The van der Waals surface area contributed by atoms with Gasteiger partial charge >= 0.3 is 0 Å². The van der Waals surface area contributed by atoms with Crippen LogP contribution in [0.1, 0.15) is 36.9 Å². The summed E-state index contributed by atoms with van der Waals surface area (Å²) < 4.78 is 1.82. The summed E-state index contributed by atoms with van der Waals surface area (Å²) in [5.41, 5.74) is 7.54. The Kier molecular flexibility index (Phi) is 4.99. The average Bonchev–Trinajstić information content (AvgIpc) is 2.98. The van der Waals surface area contributed by atoms with E-state index >= 15 is 0 Å². The van der Waals surface area contributed by atoms with Gasteiger partial charge in [0.2, 0.25) is 0 Å². The van der Waals surface area contributed by atoms with Gasteiger partial charge in [-0.2, -0.15) is 5.10 Å². The van der Waals surface area contributed by atoms with Crippen molar-refractivity contribution in [2.24, 2.45) is 12.8 Å². The Morgan fingerprint density at radius 2 is 2.15 bits per heavy atom. The molecule has 1 aliphatic rings. The highest BCUT2D eigenvalue weighted by molar-refractivity contribution is 7.80. The lowest BCUT2D eigenvalue weighted by Crippen LogP contribution is -2.33. The third-order valence-corrected chi connectivity index (χ3v) is 4.38. The summed E-state index contributed by atoms with van der Waals surface area (Å²) >= 11 is 5.11. The number of nitrogens with zero attached hydrogens (tertiary/aromatic N) is 3. The molecule has 6 heteroatoms. The van der Waals surface area contributed by atoms with Gasteiger partial charge < -0.3 is 16.0 Å². The van der Waals surface area contributed by atoms with Crippen LogP contribution >= 0.6 is 12.2 Å². The van der Waals surface area contributed by atoms with Crippen LogP contribution in [0.15, 0.2) is 0 Å². The topological polar surface area (TPSA) is 59.1 Å². The van der Waals surface area contributed by atoms with Crippen LogP contribution in [-0.4, -0.2) is 45.8 Å². The smallest absolute Gasteiger partial charge is 0.134 e. The van der Waals surface area contributed by atoms with Gasteiger partial charge in [-0.05, 0) is 26.8 Å². The van der Waals surface area contributed by atoms with E-state index in [1.807, 2.05) is 18.7 Å². The van der Waals surface area contributed by atoms with Crippen molar-refractivity contribution in [1.29, 1.82) is 0 Å². The van der Waals surface area contributed by atoms with Crippen molar-refractivity contribution in [1.82, 2.24) is 14.7 Å². The largest absolute Gasteiger partial charge is 0.389 e. The monoisotopic (exact) mass is 295 g/mol. The first-order valence-corrected chi connectivity index (χ1v) is 7.69. The highest BCUT2D eigenvalue weighted by atomic mass is 32.1. The minimum atomic E-state index is 0.405. The highest BCUT2D eigenvalue weighted by Crippen LogP contribution is 2.22. The molecule has 0 aromatic carbocycles. The van der Waals surface area contributed by atoms with E-state index in [1.54, 1.807) is 0 Å². The molecule has 0 atom stereocenters. The van der Waals surface area contributed by atoms with Gasteiger partial charge in [-0.3, -0.25) is 4.68 Å². The van der Waals surface area contributed by atoms with Crippen molar-refractivity contribution in [3.05, 3.63) is 11.3 Å². The Morgan fingerprint density at radius 1 is 1.50 bits per heavy atom. The fourth-order valence-corrected chi connectivity index (χ4v) is 3.28. The lowest BCUT2D eigenvalue weighted by Gasteiger charge is -2.24. The van der Waals surface area contributed by atoms with Gasteiger partial charge in [0.25, 0.3) is 0 Å². The quantitative estimate of drug-likeness (QED) is 0.782. The maximum Gasteiger partial charge on any atom is 0.134 e. The van der Waals surface area contributed by atoms with Gasteiger partial charge in [0.15, 0.2) is 0 Å². The predicted octanol–water partition coefficient (Wildman–Crippen LogP) is 1.65. The summed E-state index contributed by atoms with van der Waals surface area (Å²) in [6.07, 6.45) is 5.41. The molecule has 112 valence electrons. The van der Waals surface area contributed by atoms with Crippen molar-refractivity contribution >= 4 is 23.0 Å². The van der Waals surface area contributed by atoms with E-state index in [0.29, 0.717) is 4.99 Å². The molecule has 5 nitrogen and oxygen atoms in total. The van der Waals surface area contributed by atoms with Crippen LogP contribution in [0, 0.1) is 6.92 Å². The Hall–Kier alpha value is -1.14. The fraction of sp³-hybridized carbons (Fsp3) is 0.714. The lowest BCUT2D eigenvalue weighted by molar-refractivity contribution is 0.254. The second-order valence-corrected chi connectivity index (χ2v) is 6.08. The fourth-order valence-electron chi connectivity index (χ4n) is 3.03. The molecule has 1 aromatic heterocycles. The second-order valence-electron chi connectivity index (χ2n) is 5.64. The number of aromatic nitrogens is 2. The first kappa shape index (κ1) is 15.3. The van der Waals surface area contributed by atoms with Gasteiger partial charge in [-0.15, -0.1) is 0 Å². The van der Waals surface area contributed by atoms with E-state index in [9.17, 15) is 0 Å².